The van der Waals surface area contributed by atoms with E-state index in [4.69, 9.17) is 11.6 Å². The summed E-state index contributed by atoms with van der Waals surface area (Å²) in [6.45, 7) is 6.09. The van der Waals surface area contributed by atoms with Crippen molar-refractivity contribution in [1.29, 1.82) is 0 Å². The molecule has 72 valence electrons. The third kappa shape index (κ3) is 2.15. The fourth-order valence-electron chi connectivity index (χ4n) is 0.986. The van der Waals surface area contributed by atoms with E-state index in [0.717, 1.165) is 12.0 Å². The Balaban J connectivity index is 3.16. The highest BCUT2D eigenvalue weighted by Crippen LogP contribution is 2.30. The Kier molecular flexibility index (Phi) is 2.86. The van der Waals surface area contributed by atoms with Crippen molar-refractivity contribution >= 4 is 11.6 Å². The zero-order valence-corrected chi connectivity index (χ0v) is 8.69. The molecule has 0 bridgehead atoms. The second-order valence-electron chi connectivity index (χ2n) is 3.58. The minimum atomic E-state index is -0.777. The maximum absolute atomic E-state index is 12.5. The average Bonchev–Trinajstić information content (AvgIpc) is 2.03. The lowest BCUT2D eigenvalue weighted by Crippen LogP contribution is -2.17. The van der Waals surface area contributed by atoms with Gasteiger partial charge in [-0.25, -0.2) is 4.98 Å². The van der Waals surface area contributed by atoms with Crippen LogP contribution in [0, 0.1) is 6.08 Å². The fraction of sp³-hybridized carbons (Fsp3) is 0.556. The van der Waals surface area contributed by atoms with E-state index in [0.29, 0.717) is 0 Å². The zero-order valence-electron chi connectivity index (χ0n) is 7.93. The second-order valence-corrected chi connectivity index (χ2v) is 3.94. The molecule has 13 heavy (non-hydrogen) atoms. The fourth-order valence-corrected chi connectivity index (χ4v) is 1.36. The van der Waals surface area contributed by atoms with Gasteiger partial charge >= 0.3 is 6.08 Å². The summed E-state index contributed by atoms with van der Waals surface area (Å²) in [6.07, 6.45) is 1.58. The van der Waals surface area contributed by atoms with Crippen molar-refractivity contribution in [1.82, 2.24) is 9.97 Å². The Hall–Kier alpha value is -0.700. The van der Waals surface area contributed by atoms with Crippen molar-refractivity contribution in [3.8, 4) is 0 Å². The third-order valence-electron chi connectivity index (χ3n) is 2.33. The molecule has 1 aromatic rings. The van der Waals surface area contributed by atoms with Gasteiger partial charge in [-0.05, 0) is 11.8 Å². The van der Waals surface area contributed by atoms with E-state index in [2.05, 4.69) is 9.97 Å². The third-order valence-corrected chi connectivity index (χ3v) is 2.61. The number of nitrogens with zero attached hydrogens (tertiary/aromatic N) is 2. The highest BCUT2D eigenvalue weighted by Gasteiger charge is 2.22. The van der Waals surface area contributed by atoms with Gasteiger partial charge in [-0.1, -0.05) is 32.4 Å². The van der Waals surface area contributed by atoms with Gasteiger partial charge in [0.1, 0.15) is 5.15 Å². The summed E-state index contributed by atoms with van der Waals surface area (Å²) in [5.41, 5.74) is 0.684. The number of hydrogen-bond acceptors (Lipinski definition) is 2. The molecule has 0 atom stereocenters. The largest absolute Gasteiger partial charge is 0.309 e. The van der Waals surface area contributed by atoms with Crippen LogP contribution >= 0.6 is 11.6 Å². The minimum absolute atomic E-state index is 0.106. The molecule has 0 aliphatic carbocycles. The van der Waals surface area contributed by atoms with E-state index in [1.807, 2.05) is 20.8 Å². The molecule has 0 spiro atoms. The monoisotopic (exact) mass is 202 g/mol. The van der Waals surface area contributed by atoms with Gasteiger partial charge in [-0.3, -0.25) is 0 Å². The van der Waals surface area contributed by atoms with Crippen LogP contribution < -0.4 is 0 Å². The molecule has 1 rings (SSSR count). The predicted molar refractivity (Wildman–Crippen MR) is 50.3 cm³/mol. The number of hydrogen-bond donors (Lipinski definition) is 0. The molecule has 0 N–H and O–H groups in total. The molecule has 0 aliphatic heterocycles. The van der Waals surface area contributed by atoms with Crippen LogP contribution in [0.1, 0.15) is 32.8 Å². The predicted octanol–water partition coefficient (Wildman–Crippen LogP) is 2.96. The number of aromatic nitrogens is 2. The molecular weight excluding hydrogens is 191 g/mol. The van der Waals surface area contributed by atoms with Gasteiger partial charge < -0.3 is 0 Å². The van der Waals surface area contributed by atoms with E-state index in [1.165, 1.54) is 6.20 Å². The van der Waals surface area contributed by atoms with Crippen molar-refractivity contribution in [3.63, 3.8) is 0 Å². The van der Waals surface area contributed by atoms with E-state index < -0.39 is 6.08 Å². The highest BCUT2D eigenvalue weighted by atomic mass is 35.5. The first-order valence-corrected chi connectivity index (χ1v) is 4.53. The summed E-state index contributed by atoms with van der Waals surface area (Å²) in [5, 5.41) is 0.208. The summed E-state index contributed by atoms with van der Waals surface area (Å²) in [4.78, 5) is 6.97. The summed E-state index contributed by atoms with van der Waals surface area (Å²) in [7, 11) is 0. The van der Waals surface area contributed by atoms with Crippen LogP contribution in [0.5, 0.6) is 0 Å². The normalized spacial score (nSPS) is 11.8. The standard InChI is InChI=1S/C9H12ClFN2/c1-4-9(2,3)6-5-12-8(11)13-7(6)10/h5H,4H2,1-3H3. The van der Waals surface area contributed by atoms with Crippen LogP contribution in [0.4, 0.5) is 4.39 Å². The van der Waals surface area contributed by atoms with Crippen LogP contribution in [-0.4, -0.2) is 9.97 Å². The van der Waals surface area contributed by atoms with Crippen molar-refractivity contribution in [2.45, 2.75) is 32.6 Å². The lowest BCUT2D eigenvalue weighted by Gasteiger charge is -2.22. The van der Waals surface area contributed by atoms with Gasteiger partial charge in [0, 0.05) is 11.8 Å². The first-order chi connectivity index (χ1) is 5.97. The Morgan fingerprint density at radius 1 is 1.54 bits per heavy atom. The van der Waals surface area contributed by atoms with Crippen molar-refractivity contribution in [2.75, 3.05) is 0 Å². The van der Waals surface area contributed by atoms with Crippen molar-refractivity contribution in [2.24, 2.45) is 0 Å². The van der Waals surface area contributed by atoms with Crippen LogP contribution in [0.3, 0.4) is 0 Å². The summed E-state index contributed by atoms with van der Waals surface area (Å²) >= 11 is 5.80. The quantitative estimate of drug-likeness (QED) is 0.544. The Bertz CT molecular complexity index is 312. The SMILES string of the molecule is CCC(C)(C)c1cnc(F)nc1Cl. The number of rotatable bonds is 2. The molecule has 0 aromatic carbocycles. The summed E-state index contributed by atoms with van der Waals surface area (Å²) in [6, 6.07) is 0. The Labute approximate surface area is 82.2 Å². The van der Waals surface area contributed by atoms with Crippen molar-refractivity contribution in [3.05, 3.63) is 23.0 Å². The molecule has 0 unspecified atom stereocenters. The molecule has 0 amide bonds. The Morgan fingerprint density at radius 2 is 2.15 bits per heavy atom. The molecule has 0 aliphatic rings. The van der Waals surface area contributed by atoms with Gasteiger partial charge in [0.05, 0.1) is 0 Å². The molecule has 0 fully saturated rings. The maximum atomic E-state index is 12.5. The topological polar surface area (TPSA) is 25.8 Å². The number of halogens is 2. The lowest BCUT2D eigenvalue weighted by molar-refractivity contribution is 0.486. The van der Waals surface area contributed by atoms with Gasteiger partial charge in [-0.15, -0.1) is 0 Å². The molecule has 0 saturated heterocycles. The first-order valence-electron chi connectivity index (χ1n) is 4.16. The summed E-state index contributed by atoms with van der Waals surface area (Å²) in [5.74, 6) is 0. The van der Waals surface area contributed by atoms with Gasteiger partial charge in [0.15, 0.2) is 0 Å². The molecule has 0 radical (unpaired) electrons. The molecule has 0 saturated carbocycles. The second kappa shape index (κ2) is 3.58. The summed E-state index contributed by atoms with van der Waals surface area (Å²) < 4.78 is 12.5. The highest BCUT2D eigenvalue weighted by molar-refractivity contribution is 6.30. The molecule has 4 heteroatoms. The van der Waals surface area contributed by atoms with Gasteiger partial charge in [0.25, 0.3) is 0 Å². The van der Waals surface area contributed by atoms with Crippen LogP contribution in [0.2, 0.25) is 5.15 Å². The molecule has 2 nitrogen and oxygen atoms in total. The average molecular weight is 203 g/mol. The van der Waals surface area contributed by atoms with Gasteiger partial charge in [0.2, 0.25) is 0 Å². The molecular formula is C9H12ClFN2. The molecule has 1 heterocycles. The first kappa shape index (κ1) is 10.4. The smallest absolute Gasteiger partial charge is 0.210 e. The van der Waals surface area contributed by atoms with Crippen molar-refractivity contribution < 1.29 is 4.39 Å². The zero-order chi connectivity index (χ0) is 10.1. The van der Waals surface area contributed by atoms with E-state index in [-0.39, 0.29) is 10.6 Å². The maximum Gasteiger partial charge on any atom is 0.309 e. The van der Waals surface area contributed by atoms with Gasteiger partial charge in [-0.2, -0.15) is 9.37 Å². The van der Waals surface area contributed by atoms with E-state index >= 15 is 0 Å². The Morgan fingerprint density at radius 3 is 2.62 bits per heavy atom. The van der Waals surface area contributed by atoms with Crippen LogP contribution in [0.25, 0.3) is 0 Å². The molecule has 1 aromatic heterocycles. The lowest BCUT2D eigenvalue weighted by atomic mass is 9.84. The van der Waals surface area contributed by atoms with E-state index in [9.17, 15) is 4.39 Å². The van der Waals surface area contributed by atoms with E-state index in [1.54, 1.807) is 0 Å². The van der Waals surface area contributed by atoms with Crippen LogP contribution in [0.15, 0.2) is 6.20 Å². The van der Waals surface area contributed by atoms with Crippen LogP contribution in [-0.2, 0) is 5.41 Å². The minimum Gasteiger partial charge on any atom is -0.210 e.